The molecule has 1 N–H and O–H groups in total. The highest BCUT2D eigenvalue weighted by Crippen LogP contribution is 2.38. The molecule has 1 aliphatic rings. The summed E-state index contributed by atoms with van der Waals surface area (Å²) in [6.45, 7) is 1.96. The maximum Gasteiger partial charge on any atom is 0.0641 e. The van der Waals surface area contributed by atoms with Crippen LogP contribution in [-0.4, -0.2) is 0 Å². The summed E-state index contributed by atoms with van der Waals surface area (Å²) in [6, 6.07) is 10.6. The molecule has 0 heterocycles. The second-order valence-corrected chi connectivity index (χ2v) is 6.89. The fourth-order valence-electron chi connectivity index (χ4n) is 2.68. The Hall–Kier alpha value is -0.700. The summed E-state index contributed by atoms with van der Waals surface area (Å²) in [4.78, 5) is 0. The molecule has 104 valence electrons. The van der Waals surface area contributed by atoms with Crippen LogP contribution >= 0.6 is 39.1 Å². The predicted molar refractivity (Wildman–Crippen MR) is 90.0 cm³/mol. The molecule has 0 saturated heterocycles. The first kappa shape index (κ1) is 14.2. The largest absolute Gasteiger partial charge is 0.377 e. The molecule has 0 radical (unpaired) electrons. The Morgan fingerprint density at radius 3 is 2.75 bits per heavy atom. The molecule has 0 aliphatic heterocycles. The molecule has 0 amide bonds. The highest BCUT2D eigenvalue weighted by molar-refractivity contribution is 9.10. The van der Waals surface area contributed by atoms with Gasteiger partial charge in [0, 0.05) is 9.50 Å². The van der Waals surface area contributed by atoms with Gasteiger partial charge in [0.15, 0.2) is 0 Å². The van der Waals surface area contributed by atoms with Gasteiger partial charge in [-0.2, -0.15) is 0 Å². The van der Waals surface area contributed by atoms with Crippen LogP contribution in [0.4, 0.5) is 5.69 Å². The van der Waals surface area contributed by atoms with E-state index in [1.165, 1.54) is 11.1 Å². The van der Waals surface area contributed by atoms with E-state index < -0.39 is 0 Å². The van der Waals surface area contributed by atoms with Crippen molar-refractivity contribution in [3.63, 3.8) is 0 Å². The Bertz CT molecular complexity index is 670. The lowest BCUT2D eigenvalue weighted by molar-refractivity contribution is 0.762. The van der Waals surface area contributed by atoms with Crippen LogP contribution in [-0.2, 0) is 6.42 Å². The molecule has 2 aromatic rings. The fraction of sp³-hybridized carbons (Fsp3) is 0.250. The maximum absolute atomic E-state index is 6.30. The Labute approximate surface area is 137 Å². The molecule has 2 aromatic carbocycles. The van der Waals surface area contributed by atoms with Crippen molar-refractivity contribution in [2.24, 2.45) is 0 Å². The van der Waals surface area contributed by atoms with Crippen LogP contribution in [0.5, 0.6) is 0 Å². The van der Waals surface area contributed by atoms with Crippen LogP contribution in [0.3, 0.4) is 0 Å². The zero-order chi connectivity index (χ0) is 14.3. The SMILES string of the molecule is Cc1cc(Cl)c(NC2CCc3cc(Br)ccc32)cc1Cl. The van der Waals surface area contributed by atoms with Crippen LogP contribution in [0.1, 0.15) is 29.2 Å². The van der Waals surface area contributed by atoms with Gasteiger partial charge < -0.3 is 5.32 Å². The highest BCUT2D eigenvalue weighted by Gasteiger charge is 2.23. The molecular formula is C16H14BrCl2N. The maximum atomic E-state index is 6.30. The van der Waals surface area contributed by atoms with Crippen LogP contribution in [0.2, 0.25) is 10.0 Å². The molecule has 20 heavy (non-hydrogen) atoms. The molecule has 1 nitrogen and oxygen atoms in total. The molecule has 0 spiro atoms. The highest BCUT2D eigenvalue weighted by atomic mass is 79.9. The Morgan fingerprint density at radius 1 is 1.15 bits per heavy atom. The monoisotopic (exact) mass is 369 g/mol. The average molecular weight is 371 g/mol. The predicted octanol–water partition coefficient (Wildman–Crippen LogP) is 6.16. The van der Waals surface area contributed by atoms with Crippen molar-refractivity contribution in [1.29, 1.82) is 0 Å². The third kappa shape index (κ3) is 2.69. The number of halogens is 3. The van der Waals surface area contributed by atoms with Crippen LogP contribution in [0.25, 0.3) is 0 Å². The molecule has 0 fully saturated rings. The number of rotatable bonds is 2. The van der Waals surface area contributed by atoms with Crippen LogP contribution in [0, 0.1) is 6.92 Å². The average Bonchev–Trinajstić information content (AvgIpc) is 2.78. The first-order chi connectivity index (χ1) is 9.54. The van der Waals surface area contributed by atoms with E-state index in [-0.39, 0.29) is 0 Å². The number of fused-ring (bicyclic) bond motifs is 1. The van der Waals surface area contributed by atoms with Crippen molar-refractivity contribution in [1.82, 2.24) is 0 Å². The summed E-state index contributed by atoms with van der Waals surface area (Å²) in [6.07, 6.45) is 2.16. The van der Waals surface area contributed by atoms with Crippen molar-refractivity contribution in [3.8, 4) is 0 Å². The van der Waals surface area contributed by atoms with Crippen LogP contribution < -0.4 is 5.32 Å². The number of benzene rings is 2. The molecule has 1 atom stereocenters. The van der Waals surface area contributed by atoms with E-state index in [1.807, 2.05) is 19.1 Å². The first-order valence-electron chi connectivity index (χ1n) is 6.55. The second-order valence-electron chi connectivity index (χ2n) is 5.16. The van der Waals surface area contributed by atoms with Gasteiger partial charge in [-0.1, -0.05) is 45.2 Å². The molecular weight excluding hydrogens is 357 g/mol. The van der Waals surface area contributed by atoms with Crippen molar-refractivity contribution in [2.75, 3.05) is 5.32 Å². The number of hydrogen-bond acceptors (Lipinski definition) is 1. The van der Waals surface area contributed by atoms with E-state index in [0.29, 0.717) is 6.04 Å². The van der Waals surface area contributed by atoms with Gasteiger partial charge in [0.05, 0.1) is 16.8 Å². The van der Waals surface area contributed by atoms with Gasteiger partial charge in [-0.15, -0.1) is 0 Å². The molecule has 1 unspecified atom stereocenters. The van der Waals surface area contributed by atoms with Gasteiger partial charge >= 0.3 is 0 Å². The summed E-state index contributed by atoms with van der Waals surface area (Å²) in [5, 5.41) is 4.98. The summed E-state index contributed by atoms with van der Waals surface area (Å²) >= 11 is 16.0. The van der Waals surface area contributed by atoms with Crippen molar-refractivity contribution < 1.29 is 0 Å². The molecule has 0 saturated carbocycles. The van der Waals surface area contributed by atoms with Crippen LogP contribution in [0.15, 0.2) is 34.8 Å². The van der Waals surface area contributed by atoms with E-state index in [2.05, 4.69) is 39.4 Å². The van der Waals surface area contributed by atoms with E-state index in [0.717, 1.165) is 38.6 Å². The Kier molecular flexibility index (Phi) is 3.98. The minimum absolute atomic E-state index is 0.300. The molecule has 4 heteroatoms. The lowest BCUT2D eigenvalue weighted by Gasteiger charge is -2.17. The molecule has 1 aliphatic carbocycles. The van der Waals surface area contributed by atoms with Gasteiger partial charge in [0.25, 0.3) is 0 Å². The van der Waals surface area contributed by atoms with Crippen molar-refractivity contribution >= 4 is 44.8 Å². The van der Waals surface area contributed by atoms with E-state index in [1.54, 1.807) is 0 Å². The fourth-order valence-corrected chi connectivity index (χ4v) is 3.53. The minimum Gasteiger partial charge on any atom is -0.377 e. The third-order valence-corrected chi connectivity index (χ3v) is 4.97. The van der Waals surface area contributed by atoms with Gasteiger partial charge in [0.2, 0.25) is 0 Å². The topological polar surface area (TPSA) is 12.0 Å². The lowest BCUT2D eigenvalue weighted by Crippen LogP contribution is -2.07. The molecule has 3 rings (SSSR count). The van der Waals surface area contributed by atoms with E-state index >= 15 is 0 Å². The zero-order valence-electron chi connectivity index (χ0n) is 11.0. The first-order valence-corrected chi connectivity index (χ1v) is 8.10. The lowest BCUT2D eigenvalue weighted by atomic mass is 10.1. The normalized spacial score (nSPS) is 17.1. The zero-order valence-corrected chi connectivity index (χ0v) is 14.1. The summed E-state index contributed by atoms with van der Waals surface area (Å²) < 4.78 is 1.13. The van der Waals surface area contributed by atoms with Crippen molar-refractivity contribution in [3.05, 3.63) is 61.5 Å². The van der Waals surface area contributed by atoms with Gasteiger partial charge in [-0.05, 0) is 60.7 Å². The standard InChI is InChI=1S/C16H14BrCl2N/c1-9-6-14(19)16(8-13(9)18)20-15-5-2-10-7-11(17)3-4-12(10)15/h3-4,6-8,15,20H,2,5H2,1H3. The number of hydrogen-bond donors (Lipinski definition) is 1. The van der Waals surface area contributed by atoms with Gasteiger partial charge in [-0.3, -0.25) is 0 Å². The van der Waals surface area contributed by atoms with E-state index in [4.69, 9.17) is 23.2 Å². The number of nitrogens with one attached hydrogen (secondary N) is 1. The molecule has 0 bridgehead atoms. The van der Waals surface area contributed by atoms with Gasteiger partial charge in [-0.25, -0.2) is 0 Å². The Morgan fingerprint density at radius 2 is 1.95 bits per heavy atom. The van der Waals surface area contributed by atoms with Gasteiger partial charge in [0.1, 0.15) is 0 Å². The smallest absolute Gasteiger partial charge is 0.0641 e. The quantitative estimate of drug-likeness (QED) is 0.666. The summed E-state index contributed by atoms with van der Waals surface area (Å²) in [5.74, 6) is 0. The number of aryl methyl sites for hydroxylation is 2. The number of anilines is 1. The minimum atomic E-state index is 0.300. The van der Waals surface area contributed by atoms with E-state index in [9.17, 15) is 0 Å². The Balaban J connectivity index is 1.89. The third-order valence-electron chi connectivity index (χ3n) is 3.76. The summed E-state index contributed by atoms with van der Waals surface area (Å²) in [7, 11) is 0. The second kappa shape index (κ2) is 5.59. The summed E-state index contributed by atoms with van der Waals surface area (Å²) in [5.41, 5.74) is 4.65. The molecule has 0 aromatic heterocycles. The van der Waals surface area contributed by atoms with Crippen molar-refractivity contribution in [2.45, 2.75) is 25.8 Å².